The van der Waals surface area contributed by atoms with Gasteiger partial charge >= 0.3 is 0 Å². The first kappa shape index (κ1) is 14.5. The van der Waals surface area contributed by atoms with Crippen LogP contribution in [0, 0.1) is 6.92 Å². The molecule has 1 saturated heterocycles. The normalized spacial score (nSPS) is 17.4. The number of halogens is 1. The molecule has 1 heterocycles. The van der Waals surface area contributed by atoms with E-state index in [4.69, 9.17) is 16.3 Å². The molecule has 1 aromatic carbocycles. The molecular formula is C12H14ClNO4S. The molecule has 0 spiro atoms. The highest BCUT2D eigenvalue weighted by atomic mass is 35.5. The van der Waals surface area contributed by atoms with Gasteiger partial charge in [0.05, 0.1) is 18.1 Å². The maximum Gasteiger partial charge on any atom is 0.252 e. The lowest BCUT2D eigenvalue weighted by atomic mass is 10.1. The van der Waals surface area contributed by atoms with Crippen LogP contribution in [0.5, 0.6) is 0 Å². The molecule has 0 atom stereocenters. The van der Waals surface area contributed by atoms with Crippen molar-refractivity contribution in [3.8, 4) is 0 Å². The summed E-state index contributed by atoms with van der Waals surface area (Å²) < 4.78 is 31.3. The Morgan fingerprint density at radius 3 is 2.53 bits per heavy atom. The van der Waals surface area contributed by atoms with Crippen LogP contribution in [-0.2, 0) is 14.8 Å². The molecule has 0 aliphatic carbocycles. The lowest BCUT2D eigenvalue weighted by Crippen LogP contribution is -2.40. The van der Waals surface area contributed by atoms with Gasteiger partial charge in [-0.3, -0.25) is 4.79 Å². The molecular weight excluding hydrogens is 290 g/mol. The molecule has 104 valence electrons. The molecule has 1 aliphatic heterocycles. The van der Waals surface area contributed by atoms with Crippen LogP contribution in [0.1, 0.15) is 15.9 Å². The Bertz CT molecular complexity index is 594. The summed E-state index contributed by atoms with van der Waals surface area (Å²) in [5.41, 5.74) is 0.872. The molecule has 0 amide bonds. The van der Waals surface area contributed by atoms with Crippen molar-refractivity contribution in [2.45, 2.75) is 11.8 Å². The van der Waals surface area contributed by atoms with E-state index in [9.17, 15) is 13.2 Å². The molecule has 0 aromatic heterocycles. The third kappa shape index (κ3) is 2.97. The summed E-state index contributed by atoms with van der Waals surface area (Å²) in [7, 11) is -3.59. The van der Waals surface area contributed by atoms with Crippen LogP contribution in [0.3, 0.4) is 0 Å². The van der Waals surface area contributed by atoms with Gasteiger partial charge in [0.1, 0.15) is 0 Å². The second kappa shape index (κ2) is 5.58. The molecule has 1 fully saturated rings. The number of nitrogens with zero attached hydrogens (tertiary/aromatic N) is 1. The summed E-state index contributed by atoms with van der Waals surface area (Å²) in [4.78, 5) is 11.3. The van der Waals surface area contributed by atoms with Gasteiger partial charge in [0.15, 0.2) is 0 Å². The zero-order chi connectivity index (χ0) is 14.0. The van der Waals surface area contributed by atoms with E-state index < -0.39 is 15.3 Å². The van der Waals surface area contributed by atoms with Crippen molar-refractivity contribution in [3.05, 3.63) is 29.3 Å². The van der Waals surface area contributed by atoms with E-state index >= 15 is 0 Å². The number of aryl methyl sites for hydroxylation is 1. The standard InChI is InChI=1S/C12H14ClNO4S/c1-9-2-3-10(8-11(9)12(13)15)19(16,17)14-4-6-18-7-5-14/h2-3,8H,4-7H2,1H3. The zero-order valence-corrected chi connectivity index (χ0v) is 12.0. The van der Waals surface area contributed by atoms with Crippen molar-refractivity contribution in [3.63, 3.8) is 0 Å². The molecule has 2 rings (SSSR count). The fourth-order valence-electron chi connectivity index (χ4n) is 1.91. The van der Waals surface area contributed by atoms with Gasteiger partial charge in [-0.25, -0.2) is 8.42 Å². The quantitative estimate of drug-likeness (QED) is 0.792. The molecule has 1 aliphatic rings. The average Bonchev–Trinajstić information content (AvgIpc) is 2.39. The number of ether oxygens (including phenoxy) is 1. The highest BCUT2D eigenvalue weighted by molar-refractivity contribution is 7.89. The Balaban J connectivity index is 2.40. The summed E-state index contributed by atoms with van der Waals surface area (Å²) in [6.45, 7) is 3.11. The number of hydrogen-bond acceptors (Lipinski definition) is 4. The molecule has 7 heteroatoms. The van der Waals surface area contributed by atoms with Gasteiger partial charge in [0.2, 0.25) is 10.0 Å². The minimum absolute atomic E-state index is 0.0870. The predicted molar refractivity (Wildman–Crippen MR) is 70.9 cm³/mol. The van der Waals surface area contributed by atoms with E-state index in [0.29, 0.717) is 31.9 Å². The Labute approximate surface area is 117 Å². The van der Waals surface area contributed by atoms with Crippen molar-refractivity contribution in [2.24, 2.45) is 0 Å². The largest absolute Gasteiger partial charge is 0.379 e. The Morgan fingerprint density at radius 1 is 1.32 bits per heavy atom. The van der Waals surface area contributed by atoms with E-state index in [1.807, 2.05) is 0 Å². The van der Waals surface area contributed by atoms with Gasteiger partial charge in [-0.15, -0.1) is 0 Å². The van der Waals surface area contributed by atoms with E-state index in [1.54, 1.807) is 13.0 Å². The van der Waals surface area contributed by atoms with Crippen LogP contribution in [0.25, 0.3) is 0 Å². The van der Waals surface area contributed by atoms with Crippen molar-refractivity contribution in [1.29, 1.82) is 0 Å². The number of rotatable bonds is 3. The van der Waals surface area contributed by atoms with Gasteiger partial charge < -0.3 is 4.74 Å². The van der Waals surface area contributed by atoms with Gasteiger partial charge in [-0.2, -0.15) is 4.31 Å². The number of benzene rings is 1. The van der Waals surface area contributed by atoms with Crippen molar-refractivity contribution in [2.75, 3.05) is 26.3 Å². The monoisotopic (exact) mass is 303 g/mol. The fraction of sp³-hybridized carbons (Fsp3) is 0.417. The van der Waals surface area contributed by atoms with Crippen LogP contribution in [0.2, 0.25) is 0 Å². The van der Waals surface area contributed by atoms with Gasteiger partial charge in [0, 0.05) is 18.7 Å². The first-order valence-corrected chi connectivity index (χ1v) is 7.63. The molecule has 5 nitrogen and oxygen atoms in total. The summed E-state index contributed by atoms with van der Waals surface area (Å²) in [5, 5.41) is -0.656. The van der Waals surface area contributed by atoms with Crippen molar-refractivity contribution in [1.82, 2.24) is 4.31 Å². The molecule has 0 bridgehead atoms. The van der Waals surface area contributed by atoms with Crippen molar-refractivity contribution < 1.29 is 17.9 Å². The summed E-state index contributed by atoms with van der Waals surface area (Å²) >= 11 is 5.45. The van der Waals surface area contributed by atoms with Crippen molar-refractivity contribution >= 4 is 26.9 Å². The maximum atomic E-state index is 12.4. The van der Waals surface area contributed by atoms with Crippen LogP contribution >= 0.6 is 11.6 Å². The number of sulfonamides is 1. The van der Waals surface area contributed by atoms with Gasteiger partial charge in [0.25, 0.3) is 5.24 Å². The molecule has 0 N–H and O–H groups in total. The lowest BCUT2D eigenvalue weighted by molar-refractivity contribution is 0.0730. The van der Waals surface area contributed by atoms with Gasteiger partial charge in [-0.05, 0) is 36.2 Å². The third-order valence-corrected chi connectivity index (χ3v) is 5.13. The van der Waals surface area contributed by atoms with Crippen LogP contribution in [0.4, 0.5) is 0 Å². The minimum atomic E-state index is -3.59. The minimum Gasteiger partial charge on any atom is -0.379 e. The number of carbonyl (C=O) groups excluding carboxylic acids is 1. The SMILES string of the molecule is Cc1ccc(S(=O)(=O)N2CCOCC2)cc1C(=O)Cl. The van der Waals surface area contributed by atoms with E-state index in [1.165, 1.54) is 16.4 Å². The van der Waals surface area contributed by atoms with Crippen LogP contribution in [-0.4, -0.2) is 44.3 Å². The molecule has 0 radical (unpaired) electrons. The molecule has 19 heavy (non-hydrogen) atoms. The third-order valence-electron chi connectivity index (χ3n) is 3.03. The van der Waals surface area contributed by atoms with E-state index in [-0.39, 0.29) is 10.5 Å². The molecule has 0 saturated carbocycles. The smallest absolute Gasteiger partial charge is 0.252 e. The lowest BCUT2D eigenvalue weighted by Gasteiger charge is -2.26. The fourth-order valence-corrected chi connectivity index (χ4v) is 3.55. The Hall–Kier alpha value is -0.950. The van der Waals surface area contributed by atoms with Crippen LogP contribution < -0.4 is 0 Å². The first-order chi connectivity index (χ1) is 8.93. The molecule has 1 aromatic rings. The number of carbonyl (C=O) groups is 1. The topological polar surface area (TPSA) is 63.7 Å². The van der Waals surface area contributed by atoms with E-state index in [2.05, 4.69) is 0 Å². The number of morpholine rings is 1. The first-order valence-electron chi connectivity index (χ1n) is 5.81. The van der Waals surface area contributed by atoms with Gasteiger partial charge in [-0.1, -0.05) is 6.07 Å². The average molecular weight is 304 g/mol. The summed E-state index contributed by atoms with van der Waals surface area (Å²) in [5.74, 6) is 0. The number of hydrogen-bond donors (Lipinski definition) is 0. The van der Waals surface area contributed by atoms with E-state index in [0.717, 1.165) is 0 Å². The Kier molecular flexibility index (Phi) is 4.25. The second-order valence-corrected chi connectivity index (χ2v) is 6.55. The molecule has 0 unspecified atom stereocenters. The zero-order valence-electron chi connectivity index (χ0n) is 10.4. The second-order valence-electron chi connectivity index (χ2n) is 4.27. The summed E-state index contributed by atoms with van der Waals surface area (Å²) in [6.07, 6.45) is 0. The Morgan fingerprint density at radius 2 is 1.95 bits per heavy atom. The predicted octanol–water partition coefficient (Wildman–Crippen LogP) is 1.39. The maximum absolute atomic E-state index is 12.4. The van der Waals surface area contributed by atoms with Crippen LogP contribution in [0.15, 0.2) is 23.1 Å². The summed E-state index contributed by atoms with van der Waals surface area (Å²) in [6, 6.07) is 4.40. The highest BCUT2D eigenvalue weighted by Gasteiger charge is 2.27. The highest BCUT2D eigenvalue weighted by Crippen LogP contribution is 2.21.